The highest BCUT2D eigenvalue weighted by Gasteiger charge is 2.23. The Labute approximate surface area is 184 Å². The first-order valence-corrected chi connectivity index (χ1v) is 12.0. The summed E-state index contributed by atoms with van der Waals surface area (Å²) in [5, 5.41) is 0. The Morgan fingerprint density at radius 3 is 2.35 bits per heavy atom. The Balaban J connectivity index is 1.74. The number of nitrogens with one attached hydrogen (secondary N) is 1. The Hall–Kier alpha value is -2.87. The summed E-state index contributed by atoms with van der Waals surface area (Å²) in [6.45, 7) is 7.38. The van der Waals surface area contributed by atoms with Crippen LogP contribution in [0.5, 0.6) is 0 Å². The van der Waals surface area contributed by atoms with Crippen LogP contribution < -0.4 is 9.62 Å². The maximum atomic E-state index is 12.9. The van der Waals surface area contributed by atoms with E-state index in [4.69, 9.17) is 0 Å². The average Bonchev–Trinajstić information content (AvgIpc) is 2.75. The lowest BCUT2D eigenvalue weighted by molar-refractivity contribution is -0.130. The van der Waals surface area contributed by atoms with Crippen molar-refractivity contribution in [3.05, 3.63) is 53.6 Å². The van der Waals surface area contributed by atoms with Crippen molar-refractivity contribution in [3.63, 3.8) is 0 Å². The van der Waals surface area contributed by atoms with E-state index in [1.54, 1.807) is 46.2 Å². The number of hydrogen-bond acceptors (Lipinski definition) is 4. The second kappa shape index (κ2) is 9.51. The molecule has 0 atom stereocenters. The van der Waals surface area contributed by atoms with Gasteiger partial charge in [-0.25, -0.2) is 8.42 Å². The predicted molar refractivity (Wildman–Crippen MR) is 122 cm³/mol. The van der Waals surface area contributed by atoms with Crippen molar-refractivity contribution in [1.82, 2.24) is 4.90 Å². The van der Waals surface area contributed by atoms with E-state index in [0.29, 0.717) is 25.3 Å². The zero-order chi connectivity index (χ0) is 22.6. The molecule has 0 aliphatic carbocycles. The van der Waals surface area contributed by atoms with Crippen LogP contribution in [0.4, 0.5) is 11.4 Å². The van der Waals surface area contributed by atoms with Gasteiger partial charge in [-0.15, -0.1) is 0 Å². The summed E-state index contributed by atoms with van der Waals surface area (Å²) in [6, 6.07) is 11.7. The third-order valence-corrected chi connectivity index (χ3v) is 6.92. The number of nitrogens with zero attached hydrogens (tertiary/aromatic N) is 2. The summed E-state index contributed by atoms with van der Waals surface area (Å²) >= 11 is 0. The quantitative estimate of drug-likeness (QED) is 0.712. The number of carbonyl (C=O) groups excluding carboxylic acids is 2. The summed E-state index contributed by atoms with van der Waals surface area (Å²) in [6.07, 6.45) is 1.82. The molecule has 0 saturated carbocycles. The normalized spacial score (nSPS) is 13.5. The Bertz CT molecular complexity index is 1060. The molecular weight excluding hydrogens is 414 g/mol. The van der Waals surface area contributed by atoms with Gasteiger partial charge in [0.15, 0.2) is 0 Å². The van der Waals surface area contributed by atoms with E-state index < -0.39 is 10.0 Å². The van der Waals surface area contributed by atoms with Gasteiger partial charge in [-0.05, 0) is 68.1 Å². The van der Waals surface area contributed by atoms with Crippen molar-refractivity contribution >= 4 is 33.2 Å². The molecule has 0 unspecified atom stereocenters. The zero-order valence-corrected chi connectivity index (χ0v) is 19.0. The van der Waals surface area contributed by atoms with E-state index in [2.05, 4.69) is 4.72 Å². The van der Waals surface area contributed by atoms with Gasteiger partial charge >= 0.3 is 0 Å². The second-order valence-corrected chi connectivity index (χ2v) is 9.29. The van der Waals surface area contributed by atoms with Gasteiger partial charge in [-0.3, -0.25) is 14.3 Å². The maximum Gasteiger partial charge on any atom is 0.261 e. The van der Waals surface area contributed by atoms with Crippen LogP contribution in [-0.2, 0) is 32.5 Å². The molecule has 7 nitrogen and oxygen atoms in total. The first-order chi connectivity index (χ1) is 14.7. The summed E-state index contributed by atoms with van der Waals surface area (Å²) in [7, 11) is -3.77. The molecule has 2 aromatic carbocycles. The number of rotatable bonds is 7. The summed E-state index contributed by atoms with van der Waals surface area (Å²) in [4.78, 5) is 27.7. The number of carbonyl (C=O) groups is 2. The average molecular weight is 444 g/mol. The van der Waals surface area contributed by atoms with E-state index in [9.17, 15) is 18.0 Å². The highest BCUT2D eigenvalue weighted by atomic mass is 32.2. The third kappa shape index (κ3) is 5.25. The molecule has 166 valence electrons. The summed E-state index contributed by atoms with van der Waals surface area (Å²) in [5.41, 5.74) is 2.90. The highest BCUT2D eigenvalue weighted by Crippen LogP contribution is 2.30. The van der Waals surface area contributed by atoms with Crippen molar-refractivity contribution in [1.29, 1.82) is 0 Å². The fraction of sp³-hybridized carbons (Fsp3) is 0.391. The van der Waals surface area contributed by atoms with E-state index in [1.807, 2.05) is 13.8 Å². The zero-order valence-electron chi connectivity index (χ0n) is 18.2. The number of fused-ring (bicyclic) bond motifs is 1. The number of hydrogen-bond donors (Lipinski definition) is 1. The molecule has 3 rings (SSSR count). The van der Waals surface area contributed by atoms with Crippen LogP contribution in [0.3, 0.4) is 0 Å². The first-order valence-electron chi connectivity index (χ1n) is 10.6. The molecule has 2 amide bonds. The lowest BCUT2D eigenvalue weighted by atomic mass is 10.0. The van der Waals surface area contributed by atoms with Crippen LogP contribution >= 0.6 is 0 Å². The van der Waals surface area contributed by atoms with Gasteiger partial charge in [-0.1, -0.05) is 12.1 Å². The van der Waals surface area contributed by atoms with Crippen molar-refractivity contribution in [2.45, 2.75) is 44.9 Å². The Morgan fingerprint density at radius 2 is 1.74 bits per heavy atom. The molecule has 1 aliphatic rings. The molecule has 2 aromatic rings. The lowest BCUT2D eigenvalue weighted by Gasteiger charge is -2.28. The van der Waals surface area contributed by atoms with Gasteiger partial charge < -0.3 is 9.80 Å². The predicted octanol–water partition coefficient (Wildman–Crippen LogP) is 3.20. The number of benzene rings is 2. The third-order valence-electron chi connectivity index (χ3n) is 5.54. The lowest BCUT2D eigenvalue weighted by Crippen LogP contribution is -2.33. The SMILES string of the molecule is CCN(CC)C(=O)Cc1ccc(NS(=O)(=O)c2ccc3c(c2)CCCN3C(C)=O)cc1. The molecule has 1 heterocycles. The summed E-state index contributed by atoms with van der Waals surface area (Å²) in [5.74, 6) is 0.00115. The second-order valence-electron chi connectivity index (χ2n) is 7.61. The van der Waals surface area contributed by atoms with Crippen molar-refractivity contribution in [2.24, 2.45) is 0 Å². The minimum atomic E-state index is -3.77. The fourth-order valence-corrected chi connectivity index (χ4v) is 4.94. The Morgan fingerprint density at radius 1 is 1.06 bits per heavy atom. The fourth-order valence-electron chi connectivity index (χ4n) is 3.84. The van der Waals surface area contributed by atoms with Crippen LogP contribution in [0.2, 0.25) is 0 Å². The molecule has 8 heteroatoms. The first kappa shape index (κ1) is 22.8. The monoisotopic (exact) mass is 443 g/mol. The topological polar surface area (TPSA) is 86.8 Å². The Kier molecular flexibility index (Phi) is 7.00. The molecule has 31 heavy (non-hydrogen) atoms. The minimum Gasteiger partial charge on any atom is -0.343 e. The van der Waals surface area contributed by atoms with Gasteiger partial charge in [0.2, 0.25) is 11.8 Å². The minimum absolute atomic E-state index is 0.0470. The van der Waals surface area contributed by atoms with Gasteiger partial charge in [-0.2, -0.15) is 0 Å². The van der Waals surface area contributed by atoms with E-state index in [-0.39, 0.29) is 23.1 Å². The van der Waals surface area contributed by atoms with Crippen molar-refractivity contribution in [2.75, 3.05) is 29.3 Å². The molecule has 1 aliphatic heterocycles. The molecule has 0 spiro atoms. The van der Waals surface area contributed by atoms with E-state index in [1.165, 1.54) is 13.0 Å². The highest BCUT2D eigenvalue weighted by molar-refractivity contribution is 7.92. The maximum absolute atomic E-state index is 12.9. The largest absolute Gasteiger partial charge is 0.343 e. The standard InChI is InChI=1S/C23H29N3O4S/c1-4-25(5-2)23(28)15-18-8-10-20(11-9-18)24-31(29,30)21-12-13-22-19(16-21)7-6-14-26(22)17(3)27/h8-13,16,24H,4-7,14-15H2,1-3H3. The number of sulfonamides is 1. The van der Waals surface area contributed by atoms with Gasteiger partial charge in [0.05, 0.1) is 11.3 Å². The van der Waals surface area contributed by atoms with Gasteiger partial charge in [0.1, 0.15) is 0 Å². The molecule has 0 aromatic heterocycles. The van der Waals surface area contributed by atoms with Crippen molar-refractivity contribution in [3.8, 4) is 0 Å². The number of likely N-dealkylation sites (N-methyl/N-ethyl adjacent to an activating group) is 1. The van der Waals surface area contributed by atoms with E-state index in [0.717, 1.165) is 29.7 Å². The number of amides is 2. The molecule has 1 N–H and O–H groups in total. The van der Waals surface area contributed by atoms with Gasteiger partial charge in [0.25, 0.3) is 10.0 Å². The molecule has 0 bridgehead atoms. The summed E-state index contributed by atoms with van der Waals surface area (Å²) < 4.78 is 28.4. The van der Waals surface area contributed by atoms with Crippen LogP contribution in [0, 0.1) is 0 Å². The molecule has 0 fully saturated rings. The molecule has 0 saturated heterocycles. The van der Waals surface area contributed by atoms with Gasteiger partial charge in [0, 0.05) is 37.9 Å². The van der Waals surface area contributed by atoms with Crippen LogP contribution in [0.1, 0.15) is 38.3 Å². The molecular formula is C23H29N3O4S. The smallest absolute Gasteiger partial charge is 0.261 e. The van der Waals surface area contributed by atoms with Crippen LogP contribution in [0.25, 0.3) is 0 Å². The van der Waals surface area contributed by atoms with E-state index >= 15 is 0 Å². The van der Waals surface area contributed by atoms with Crippen LogP contribution in [0.15, 0.2) is 47.4 Å². The number of aryl methyl sites for hydroxylation is 1. The van der Waals surface area contributed by atoms with Crippen molar-refractivity contribution < 1.29 is 18.0 Å². The number of anilines is 2. The van der Waals surface area contributed by atoms with Crippen LogP contribution in [-0.4, -0.2) is 44.8 Å². The molecule has 0 radical (unpaired) electrons.